The number of nitrogens with zero attached hydrogens (tertiary/aromatic N) is 1. The second-order valence-electron chi connectivity index (χ2n) is 4.48. The number of fused-ring (bicyclic) bond motifs is 1. The van der Waals surface area contributed by atoms with E-state index in [1.807, 2.05) is 31.2 Å². The molecule has 1 aromatic heterocycles. The standard InChI is InChI=1S/C15H12N2O2S/c1-10-15(13-7-2-3-8-14(13)16-10)20-12-6-4-5-11(9-12)17(18)19/h2-9,16H,1H3. The first-order valence-corrected chi connectivity index (χ1v) is 6.96. The summed E-state index contributed by atoms with van der Waals surface area (Å²) in [7, 11) is 0. The van der Waals surface area contributed by atoms with Crippen molar-refractivity contribution in [2.75, 3.05) is 0 Å². The number of aromatic amines is 1. The number of aryl methyl sites for hydroxylation is 1. The van der Waals surface area contributed by atoms with Crippen molar-refractivity contribution in [3.05, 3.63) is 64.3 Å². The van der Waals surface area contributed by atoms with Crippen LogP contribution in [0.3, 0.4) is 0 Å². The first-order chi connectivity index (χ1) is 9.65. The Morgan fingerprint density at radius 2 is 1.95 bits per heavy atom. The Kier molecular flexibility index (Phi) is 3.20. The maximum Gasteiger partial charge on any atom is 0.270 e. The lowest BCUT2D eigenvalue weighted by Crippen LogP contribution is -1.87. The molecular weight excluding hydrogens is 272 g/mol. The number of nitro groups is 1. The van der Waals surface area contributed by atoms with E-state index in [1.54, 1.807) is 23.9 Å². The minimum absolute atomic E-state index is 0.118. The van der Waals surface area contributed by atoms with Gasteiger partial charge in [0, 0.05) is 38.5 Å². The summed E-state index contributed by atoms with van der Waals surface area (Å²) in [5.74, 6) is 0. The lowest BCUT2D eigenvalue weighted by molar-refractivity contribution is -0.385. The molecule has 5 heteroatoms. The molecule has 0 radical (unpaired) electrons. The molecule has 0 spiro atoms. The average Bonchev–Trinajstić information content (AvgIpc) is 2.76. The molecule has 1 N–H and O–H groups in total. The Balaban J connectivity index is 2.03. The minimum Gasteiger partial charge on any atom is -0.358 e. The number of non-ortho nitro benzene ring substituents is 1. The van der Waals surface area contributed by atoms with Crippen molar-refractivity contribution in [2.24, 2.45) is 0 Å². The Morgan fingerprint density at radius 3 is 2.75 bits per heavy atom. The summed E-state index contributed by atoms with van der Waals surface area (Å²) in [5, 5.41) is 12.0. The lowest BCUT2D eigenvalue weighted by Gasteiger charge is -2.02. The first-order valence-electron chi connectivity index (χ1n) is 6.15. The summed E-state index contributed by atoms with van der Waals surface area (Å²) in [4.78, 5) is 15.8. The Morgan fingerprint density at radius 1 is 1.15 bits per heavy atom. The molecule has 3 rings (SSSR count). The van der Waals surface area contributed by atoms with Crippen molar-refractivity contribution >= 4 is 28.4 Å². The third-order valence-electron chi connectivity index (χ3n) is 3.08. The number of para-hydroxylation sites is 1. The van der Waals surface area contributed by atoms with Gasteiger partial charge in [0.2, 0.25) is 0 Å². The number of nitro benzene ring substituents is 1. The predicted octanol–water partition coefficient (Wildman–Crippen LogP) is 4.54. The normalized spacial score (nSPS) is 10.8. The smallest absolute Gasteiger partial charge is 0.270 e. The van der Waals surface area contributed by atoms with Crippen LogP contribution >= 0.6 is 11.8 Å². The summed E-state index contributed by atoms with van der Waals surface area (Å²) in [6.45, 7) is 2.01. The molecule has 0 fully saturated rings. The van der Waals surface area contributed by atoms with Crippen LogP contribution in [-0.2, 0) is 0 Å². The molecule has 0 bridgehead atoms. The van der Waals surface area contributed by atoms with Crippen LogP contribution in [0.4, 0.5) is 5.69 Å². The van der Waals surface area contributed by atoms with Gasteiger partial charge in [0.25, 0.3) is 5.69 Å². The number of H-pyrrole nitrogens is 1. The molecule has 0 aliphatic rings. The molecule has 2 aromatic carbocycles. The fourth-order valence-electron chi connectivity index (χ4n) is 2.16. The summed E-state index contributed by atoms with van der Waals surface area (Å²) >= 11 is 1.55. The van der Waals surface area contributed by atoms with E-state index < -0.39 is 0 Å². The summed E-state index contributed by atoms with van der Waals surface area (Å²) in [6, 6.07) is 14.8. The highest BCUT2D eigenvalue weighted by atomic mass is 32.2. The minimum atomic E-state index is -0.369. The molecule has 0 aliphatic carbocycles. The van der Waals surface area contributed by atoms with E-state index in [4.69, 9.17) is 0 Å². The predicted molar refractivity (Wildman–Crippen MR) is 80.3 cm³/mol. The molecule has 0 unspecified atom stereocenters. The summed E-state index contributed by atoms with van der Waals surface area (Å²) in [5.41, 5.74) is 2.27. The van der Waals surface area contributed by atoms with Crippen LogP contribution in [0.2, 0.25) is 0 Å². The van der Waals surface area contributed by atoms with Gasteiger partial charge >= 0.3 is 0 Å². The number of hydrogen-bond acceptors (Lipinski definition) is 3. The topological polar surface area (TPSA) is 58.9 Å². The molecule has 3 aromatic rings. The van der Waals surface area contributed by atoms with E-state index in [0.29, 0.717) is 0 Å². The van der Waals surface area contributed by atoms with Gasteiger partial charge in [-0.1, -0.05) is 36.0 Å². The third kappa shape index (κ3) is 2.28. The van der Waals surface area contributed by atoms with Gasteiger partial charge in [0.1, 0.15) is 0 Å². The highest BCUT2D eigenvalue weighted by Crippen LogP contribution is 2.37. The average molecular weight is 284 g/mol. The fourth-order valence-corrected chi connectivity index (χ4v) is 3.21. The quantitative estimate of drug-likeness (QED) is 0.567. The maximum atomic E-state index is 10.8. The van der Waals surface area contributed by atoms with E-state index in [1.165, 1.54) is 6.07 Å². The van der Waals surface area contributed by atoms with Crippen molar-refractivity contribution in [1.82, 2.24) is 4.98 Å². The largest absolute Gasteiger partial charge is 0.358 e. The van der Waals surface area contributed by atoms with E-state index in [9.17, 15) is 10.1 Å². The monoisotopic (exact) mass is 284 g/mol. The summed E-state index contributed by atoms with van der Waals surface area (Å²) < 4.78 is 0. The molecule has 0 amide bonds. The van der Waals surface area contributed by atoms with Crippen LogP contribution in [0.5, 0.6) is 0 Å². The van der Waals surface area contributed by atoms with Crippen LogP contribution in [0.25, 0.3) is 10.9 Å². The van der Waals surface area contributed by atoms with Gasteiger partial charge in [-0.25, -0.2) is 0 Å². The molecule has 1 heterocycles. The maximum absolute atomic E-state index is 10.8. The lowest BCUT2D eigenvalue weighted by atomic mass is 10.2. The SMILES string of the molecule is Cc1[nH]c2ccccc2c1Sc1cccc([N+](=O)[O-])c1. The molecular formula is C15H12N2O2S. The van der Waals surface area contributed by atoms with Gasteiger partial charge in [-0.15, -0.1) is 0 Å². The zero-order valence-electron chi connectivity index (χ0n) is 10.8. The number of rotatable bonds is 3. The van der Waals surface area contributed by atoms with Gasteiger partial charge in [0.05, 0.1) is 4.92 Å². The van der Waals surface area contributed by atoms with Crippen molar-refractivity contribution in [1.29, 1.82) is 0 Å². The zero-order valence-corrected chi connectivity index (χ0v) is 11.6. The van der Waals surface area contributed by atoms with E-state index in [0.717, 1.165) is 26.4 Å². The van der Waals surface area contributed by atoms with Crippen LogP contribution in [0.1, 0.15) is 5.69 Å². The van der Waals surface area contributed by atoms with Crippen LogP contribution in [-0.4, -0.2) is 9.91 Å². The molecule has 0 aliphatic heterocycles. The van der Waals surface area contributed by atoms with Crippen LogP contribution in [0.15, 0.2) is 58.3 Å². The zero-order chi connectivity index (χ0) is 14.1. The summed E-state index contributed by atoms with van der Waals surface area (Å²) in [6.07, 6.45) is 0. The highest BCUT2D eigenvalue weighted by Gasteiger charge is 2.11. The molecule has 4 nitrogen and oxygen atoms in total. The molecule has 0 atom stereocenters. The van der Waals surface area contributed by atoms with Gasteiger partial charge < -0.3 is 4.98 Å². The van der Waals surface area contributed by atoms with Crippen molar-refractivity contribution in [3.63, 3.8) is 0 Å². The van der Waals surface area contributed by atoms with E-state index in [2.05, 4.69) is 11.1 Å². The van der Waals surface area contributed by atoms with E-state index >= 15 is 0 Å². The van der Waals surface area contributed by atoms with Crippen LogP contribution in [0, 0.1) is 17.0 Å². The van der Waals surface area contributed by atoms with Gasteiger partial charge in [-0.2, -0.15) is 0 Å². The fraction of sp³-hybridized carbons (Fsp3) is 0.0667. The number of benzene rings is 2. The van der Waals surface area contributed by atoms with Crippen LogP contribution < -0.4 is 0 Å². The van der Waals surface area contributed by atoms with E-state index in [-0.39, 0.29) is 10.6 Å². The van der Waals surface area contributed by atoms with Gasteiger partial charge in [-0.3, -0.25) is 10.1 Å². The van der Waals surface area contributed by atoms with Gasteiger partial charge in [0.15, 0.2) is 0 Å². The second kappa shape index (κ2) is 5.02. The van der Waals surface area contributed by atoms with Crippen molar-refractivity contribution < 1.29 is 4.92 Å². The second-order valence-corrected chi connectivity index (χ2v) is 5.57. The third-order valence-corrected chi connectivity index (χ3v) is 4.30. The Labute approximate surface area is 120 Å². The van der Waals surface area contributed by atoms with Gasteiger partial charge in [-0.05, 0) is 19.1 Å². The molecule has 0 saturated heterocycles. The van der Waals surface area contributed by atoms with Crippen molar-refractivity contribution in [2.45, 2.75) is 16.7 Å². The molecule has 0 saturated carbocycles. The molecule has 100 valence electrons. The van der Waals surface area contributed by atoms with Crippen molar-refractivity contribution in [3.8, 4) is 0 Å². The highest BCUT2D eigenvalue weighted by molar-refractivity contribution is 7.99. The number of nitrogens with one attached hydrogen (secondary N) is 1. The Hall–Kier alpha value is -2.27. The Bertz CT molecular complexity index is 795. The first kappa shape index (κ1) is 12.7. The molecule has 20 heavy (non-hydrogen) atoms. The number of hydrogen-bond donors (Lipinski definition) is 1. The number of aromatic nitrogens is 1.